The van der Waals surface area contributed by atoms with Crippen LogP contribution in [0.4, 0.5) is 4.39 Å². The van der Waals surface area contributed by atoms with Crippen molar-refractivity contribution < 1.29 is 13.6 Å². The summed E-state index contributed by atoms with van der Waals surface area (Å²) in [4.78, 5) is 29.0. The number of hydrogen-bond donors (Lipinski definition) is 0. The number of rotatable bonds is 5. The fourth-order valence-electron chi connectivity index (χ4n) is 2.54. The van der Waals surface area contributed by atoms with Crippen molar-refractivity contribution in [3.8, 4) is 11.3 Å². The number of thiazole rings is 1. The van der Waals surface area contributed by atoms with E-state index in [1.165, 1.54) is 35.2 Å². The van der Waals surface area contributed by atoms with Crippen LogP contribution in [0, 0.1) is 5.82 Å². The average molecular weight is 397 g/mol. The van der Waals surface area contributed by atoms with Gasteiger partial charge in [-0.3, -0.25) is 4.79 Å². The van der Waals surface area contributed by atoms with Crippen LogP contribution < -0.4 is 5.63 Å². The molecule has 0 unspecified atom stereocenters. The minimum atomic E-state index is -0.634. The highest BCUT2D eigenvalue weighted by Gasteiger charge is 2.15. The number of hydrogen-bond acceptors (Lipinski definition) is 6. The molecule has 134 valence electrons. The number of aromatic nitrogens is 1. The van der Waals surface area contributed by atoms with E-state index in [1.54, 1.807) is 36.4 Å². The number of Topliss-reactive ketones (excluding diaryl/α,β-unsaturated/α-hetero) is 1. The first-order valence-corrected chi connectivity index (χ1v) is 9.87. The van der Waals surface area contributed by atoms with Crippen LogP contribution in [-0.2, 0) is 0 Å². The molecule has 4 rings (SSSR count). The number of para-hydroxylation sites is 1. The number of halogens is 1. The van der Waals surface area contributed by atoms with Gasteiger partial charge in [-0.2, -0.15) is 0 Å². The minimum Gasteiger partial charge on any atom is -0.422 e. The Morgan fingerprint density at radius 1 is 1.15 bits per heavy atom. The average Bonchev–Trinajstić information content (AvgIpc) is 3.15. The van der Waals surface area contributed by atoms with E-state index in [0.717, 1.165) is 11.3 Å². The van der Waals surface area contributed by atoms with Gasteiger partial charge in [0.2, 0.25) is 0 Å². The third-order valence-electron chi connectivity index (χ3n) is 3.89. The van der Waals surface area contributed by atoms with Crippen LogP contribution in [0.5, 0.6) is 0 Å². The summed E-state index contributed by atoms with van der Waals surface area (Å²) >= 11 is 2.66. The molecule has 0 spiro atoms. The molecule has 7 heteroatoms. The Labute approximate surface area is 161 Å². The molecule has 0 radical (unpaired) electrons. The van der Waals surface area contributed by atoms with Crippen LogP contribution in [0.3, 0.4) is 0 Å². The highest BCUT2D eigenvalue weighted by molar-refractivity contribution is 8.01. The molecule has 0 bridgehead atoms. The maximum atomic E-state index is 13.0. The number of fused-ring (bicyclic) bond motifs is 1. The second-order valence-electron chi connectivity index (χ2n) is 5.70. The van der Waals surface area contributed by atoms with E-state index in [9.17, 15) is 14.0 Å². The van der Waals surface area contributed by atoms with E-state index in [2.05, 4.69) is 4.98 Å². The zero-order valence-electron chi connectivity index (χ0n) is 13.8. The van der Waals surface area contributed by atoms with Gasteiger partial charge in [0.05, 0.1) is 11.4 Å². The Kier molecular flexibility index (Phi) is 4.87. The highest BCUT2D eigenvalue weighted by atomic mass is 32.2. The maximum absolute atomic E-state index is 13.0. The molecule has 0 aliphatic heterocycles. The normalized spacial score (nSPS) is 11.0. The summed E-state index contributed by atoms with van der Waals surface area (Å²) in [6.45, 7) is 0. The zero-order valence-corrected chi connectivity index (χ0v) is 15.5. The number of benzene rings is 2. The molecule has 0 amide bonds. The van der Waals surface area contributed by atoms with Crippen molar-refractivity contribution in [1.29, 1.82) is 0 Å². The van der Waals surface area contributed by atoms with Crippen molar-refractivity contribution in [3.63, 3.8) is 0 Å². The number of carbonyl (C=O) groups is 1. The van der Waals surface area contributed by atoms with E-state index in [-0.39, 0.29) is 22.9 Å². The minimum absolute atomic E-state index is 0.0384. The molecule has 0 saturated heterocycles. The summed E-state index contributed by atoms with van der Waals surface area (Å²) in [5, 5.41) is 2.56. The van der Waals surface area contributed by atoms with Crippen molar-refractivity contribution in [2.45, 2.75) is 4.34 Å². The molecular weight excluding hydrogens is 385 g/mol. The van der Waals surface area contributed by atoms with E-state index in [0.29, 0.717) is 15.3 Å². The monoisotopic (exact) mass is 397 g/mol. The maximum Gasteiger partial charge on any atom is 0.347 e. The lowest BCUT2D eigenvalue weighted by atomic mass is 10.1. The summed E-state index contributed by atoms with van der Waals surface area (Å²) < 4.78 is 18.9. The van der Waals surface area contributed by atoms with E-state index >= 15 is 0 Å². The third kappa shape index (κ3) is 3.84. The first-order chi connectivity index (χ1) is 13.1. The SMILES string of the molecule is O=C(CSc1nc(-c2ccc(F)cc2)cs1)c1cc2ccccc2oc1=O. The summed E-state index contributed by atoms with van der Waals surface area (Å²) in [6, 6.07) is 14.7. The lowest BCUT2D eigenvalue weighted by Crippen LogP contribution is -2.15. The molecule has 0 aliphatic carbocycles. The summed E-state index contributed by atoms with van der Waals surface area (Å²) in [6.07, 6.45) is 0. The van der Waals surface area contributed by atoms with Gasteiger partial charge in [0.15, 0.2) is 10.1 Å². The Bertz CT molecular complexity index is 1180. The molecule has 2 heterocycles. The lowest BCUT2D eigenvalue weighted by Gasteiger charge is -2.01. The molecule has 0 N–H and O–H groups in total. The van der Waals surface area contributed by atoms with Crippen LogP contribution in [-0.4, -0.2) is 16.5 Å². The summed E-state index contributed by atoms with van der Waals surface area (Å²) in [7, 11) is 0. The molecule has 0 aliphatic rings. The van der Waals surface area contributed by atoms with Crippen LogP contribution in [0.15, 0.2) is 73.5 Å². The van der Waals surface area contributed by atoms with Crippen LogP contribution in [0.25, 0.3) is 22.2 Å². The van der Waals surface area contributed by atoms with Crippen LogP contribution in [0.2, 0.25) is 0 Å². The molecule has 4 nitrogen and oxygen atoms in total. The fourth-order valence-corrected chi connectivity index (χ4v) is 4.26. The van der Waals surface area contributed by atoms with Crippen molar-refractivity contribution in [3.05, 3.63) is 81.8 Å². The van der Waals surface area contributed by atoms with Gasteiger partial charge in [0, 0.05) is 16.3 Å². The molecule has 4 aromatic rings. The number of nitrogens with zero attached hydrogens (tertiary/aromatic N) is 1. The van der Waals surface area contributed by atoms with Crippen molar-refractivity contribution in [1.82, 2.24) is 4.98 Å². The molecule has 2 aromatic heterocycles. The number of thioether (sulfide) groups is 1. The standard InChI is InChI=1S/C20H12FNO3S2/c21-14-7-5-12(6-8-14)16-10-26-20(22-16)27-11-17(23)15-9-13-3-1-2-4-18(13)25-19(15)24/h1-10H,11H2. The van der Waals surface area contributed by atoms with Crippen molar-refractivity contribution >= 4 is 39.9 Å². The predicted molar refractivity (Wildman–Crippen MR) is 105 cm³/mol. The number of ketones is 1. The fraction of sp³-hybridized carbons (Fsp3) is 0.0500. The molecule has 0 fully saturated rings. The second kappa shape index (κ2) is 7.46. The van der Waals surface area contributed by atoms with Crippen LogP contribution in [0.1, 0.15) is 10.4 Å². The van der Waals surface area contributed by atoms with E-state index < -0.39 is 5.63 Å². The summed E-state index contributed by atoms with van der Waals surface area (Å²) in [5.41, 5.74) is 1.39. The Balaban J connectivity index is 1.49. The van der Waals surface area contributed by atoms with E-state index in [1.807, 2.05) is 11.4 Å². The largest absolute Gasteiger partial charge is 0.422 e. The molecule has 27 heavy (non-hydrogen) atoms. The quantitative estimate of drug-likeness (QED) is 0.268. The van der Waals surface area contributed by atoms with Crippen molar-refractivity contribution in [2.24, 2.45) is 0 Å². The van der Waals surface area contributed by atoms with Gasteiger partial charge in [-0.25, -0.2) is 14.2 Å². The predicted octanol–water partition coefficient (Wildman–Crippen LogP) is 5.03. The third-order valence-corrected chi connectivity index (χ3v) is 5.91. The first kappa shape index (κ1) is 17.6. The van der Waals surface area contributed by atoms with Gasteiger partial charge in [-0.1, -0.05) is 30.0 Å². The lowest BCUT2D eigenvalue weighted by molar-refractivity contribution is 0.101. The smallest absolute Gasteiger partial charge is 0.347 e. The van der Waals surface area contributed by atoms with Crippen molar-refractivity contribution in [2.75, 3.05) is 5.75 Å². The Morgan fingerprint density at radius 3 is 2.74 bits per heavy atom. The molecule has 0 atom stereocenters. The van der Waals surface area contributed by atoms with Gasteiger partial charge >= 0.3 is 5.63 Å². The zero-order chi connectivity index (χ0) is 18.8. The number of carbonyl (C=O) groups excluding carboxylic acids is 1. The Morgan fingerprint density at radius 2 is 1.93 bits per heavy atom. The van der Waals surface area contributed by atoms with E-state index in [4.69, 9.17) is 4.42 Å². The van der Waals surface area contributed by atoms with Gasteiger partial charge in [0.25, 0.3) is 0 Å². The summed E-state index contributed by atoms with van der Waals surface area (Å²) in [5.74, 6) is -0.527. The van der Waals surface area contributed by atoms with Gasteiger partial charge < -0.3 is 4.42 Å². The van der Waals surface area contributed by atoms with Gasteiger partial charge in [-0.15, -0.1) is 11.3 Å². The topological polar surface area (TPSA) is 60.2 Å². The van der Waals surface area contributed by atoms with Crippen LogP contribution >= 0.6 is 23.1 Å². The van der Waals surface area contributed by atoms with Gasteiger partial charge in [0.1, 0.15) is 17.0 Å². The molecule has 0 saturated carbocycles. The Hall–Kier alpha value is -2.77. The molecule has 2 aromatic carbocycles. The highest BCUT2D eigenvalue weighted by Crippen LogP contribution is 2.28. The van der Waals surface area contributed by atoms with Gasteiger partial charge in [-0.05, 0) is 36.4 Å². The second-order valence-corrected chi connectivity index (χ2v) is 7.78. The first-order valence-electron chi connectivity index (χ1n) is 8.00. The molecular formula is C20H12FNO3S2.